The summed E-state index contributed by atoms with van der Waals surface area (Å²) in [7, 11) is 1.30. The molecule has 3 rings (SSSR count). The number of carbonyl (C=O) groups excluding carboxylic acids is 2. The largest absolute Gasteiger partial charge is 0.484 e. The molecule has 0 heterocycles. The average Bonchev–Trinajstić information content (AvgIpc) is 2.71. The number of amides is 1. The second-order valence-electron chi connectivity index (χ2n) is 6.13. The van der Waals surface area contributed by atoms with Crippen LogP contribution in [0.4, 0.5) is 0 Å². The predicted octanol–water partition coefficient (Wildman–Crippen LogP) is 3.12. The van der Waals surface area contributed by atoms with Crippen molar-refractivity contribution >= 4 is 22.6 Å². The molecule has 0 aromatic heterocycles. The minimum Gasteiger partial charge on any atom is -0.484 e. The lowest BCUT2D eigenvalue weighted by molar-refractivity contribution is -0.145. The van der Waals surface area contributed by atoms with Crippen molar-refractivity contribution in [3.8, 4) is 5.75 Å². The topological polar surface area (TPSA) is 64.6 Å². The molecule has 1 atom stereocenters. The van der Waals surface area contributed by atoms with Gasteiger partial charge in [-0.25, -0.2) is 4.79 Å². The third-order valence-corrected chi connectivity index (χ3v) is 4.19. The van der Waals surface area contributed by atoms with Gasteiger partial charge in [-0.3, -0.25) is 4.79 Å². The summed E-state index contributed by atoms with van der Waals surface area (Å²) in [6, 6.07) is 22.2. The summed E-state index contributed by atoms with van der Waals surface area (Å²) in [5.41, 5.74) is 0.934. The van der Waals surface area contributed by atoms with Crippen molar-refractivity contribution in [1.29, 1.82) is 0 Å². The molecule has 0 aliphatic heterocycles. The summed E-state index contributed by atoms with van der Waals surface area (Å²) < 4.78 is 10.4. The zero-order valence-electron chi connectivity index (χ0n) is 15.1. The lowest BCUT2D eigenvalue weighted by Crippen LogP contribution is -2.44. The number of nitrogens with one attached hydrogen (secondary N) is 1. The minimum absolute atomic E-state index is 0.180. The molecule has 0 aliphatic carbocycles. The van der Waals surface area contributed by atoms with Gasteiger partial charge in [0.1, 0.15) is 11.8 Å². The summed E-state index contributed by atoms with van der Waals surface area (Å²) in [6.07, 6.45) is 0.356. The predicted molar refractivity (Wildman–Crippen MR) is 104 cm³/mol. The van der Waals surface area contributed by atoms with Gasteiger partial charge >= 0.3 is 5.97 Å². The molecule has 0 saturated carbocycles. The van der Waals surface area contributed by atoms with Crippen molar-refractivity contribution in [1.82, 2.24) is 5.32 Å². The molecule has 5 nitrogen and oxygen atoms in total. The standard InChI is InChI=1S/C22H21NO4/c1-26-22(25)20(13-16-7-3-2-4-8-16)23-21(24)15-27-19-12-11-17-9-5-6-10-18(17)14-19/h2-12,14,20H,13,15H2,1H3,(H,23,24)/t20-/m0/s1. The van der Waals surface area contributed by atoms with Crippen LogP contribution in [0.2, 0.25) is 0 Å². The van der Waals surface area contributed by atoms with Crippen LogP contribution >= 0.6 is 0 Å². The summed E-state index contributed by atoms with van der Waals surface area (Å²) in [6.45, 7) is -0.180. The highest BCUT2D eigenvalue weighted by molar-refractivity contribution is 5.86. The first-order chi connectivity index (χ1) is 13.2. The molecule has 0 spiro atoms. The number of hydrogen-bond acceptors (Lipinski definition) is 4. The number of rotatable bonds is 7. The van der Waals surface area contributed by atoms with Crippen LogP contribution in [-0.4, -0.2) is 31.6 Å². The summed E-state index contributed by atoms with van der Waals surface area (Å²) in [5.74, 6) is -0.270. The molecule has 0 bridgehead atoms. The van der Waals surface area contributed by atoms with Crippen LogP contribution in [0, 0.1) is 0 Å². The molecule has 3 aromatic rings. The van der Waals surface area contributed by atoms with Gasteiger partial charge in [0.2, 0.25) is 0 Å². The summed E-state index contributed by atoms with van der Waals surface area (Å²) in [4.78, 5) is 24.3. The highest BCUT2D eigenvalue weighted by Crippen LogP contribution is 2.20. The van der Waals surface area contributed by atoms with Crippen LogP contribution in [0.1, 0.15) is 5.56 Å². The molecule has 5 heteroatoms. The molecule has 1 amide bonds. The fourth-order valence-corrected chi connectivity index (χ4v) is 2.83. The van der Waals surface area contributed by atoms with E-state index in [2.05, 4.69) is 5.32 Å². The monoisotopic (exact) mass is 363 g/mol. The maximum atomic E-state index is 12.3. The molecule has 0 saturated heterocycles. The van der Waals surface area contributed by atoms with Crippen LogP contribution in [-0.2, 0) is 20.7 Å². The van der Waals surface area contributed by atoms with E-state index >= 15 is 0 Å². The molecule has 0 fully saturated rings. The number of hydrogen-bond donors (Lipinski definition) is 1. The molecule has 27 heavy (non-hydrogen) atoms. The quantitative estimate of drug-likeness (QED) is 0.655. The maximum absolute atomic E-state index is 12.3. The third kappa shape index (κ3) is 5.07. The Bertz CT molecular complexity index is 924. The molecule has 138 valence electrons. The molecular formula is C22H21NO4. The van der Waals surface area contributed by atoms with Crippen molar-refractivity contribution in [3.63, 3.8) is 0 Å². The van der Waals surface area contributed by atoms with Gasteiger partial charge in [0.05, 0.1) is 7.11 Å². The molecule has 1 N–H and O–H groups in total. The Morgan fingerprint density at radius 2 is 1.63 bits per heavy atom. The fourth-order valence-electron chi connectivity index (χ4n) is 2.83. The first kappa shape index (κ1) is 18.5. The third-order valence-electron chi connectivity index (χ3n) is 4.19. The number of ether oxygens (including phenoxy) is 2. The minimum atomic E-state index is -0.759. The summed E-state index contributed by atoms with van der Waals surface area (Å²) >= 11 is 0. The van der Waals surface area contributed by atoms with Gasteiger partial charge in [-0.15, -0.1) is 0 Å². The highest BCUT2D eigenvalue weighted by atomic mass is 16.5. The van der Waals surface area contributed by atoms with Crippen LogP contribution in [0.25, 0.3) is 10.8 Å². The van der Waals surface area contributed by atoms with E-state index < -0.39 is 12.0 Å². The van der Waals surface area contributed by atoms with Crippen molar-refractivity contribution < 1.29 is 19.1 Å². The van der Waals surface area contributed by atoms with Gasteiger partial charge in [-0.05, 0) is 28.5 Å². The first-order valence-electron chi connectivity index (χ1n) is 8.68. The van der Waals surface area contributed by atoms with Gasteiger partial charge in [0.15, 0.2) is 6.61 Å². The van der Waals surface area contributed by atoms with E-state index in [-0.39, 0.29) is 12.5 Å². The van der Waals surface area contributed by atoms with Crippen molar-refractivity contribution in [2.24, 2.45) is 0 Å². The van der Waals surface area contributed by atoms with Gasteiger partial charge < -0.3 is 14.8 Å². The second kappa shape index (κ2) is 8.85. The summed E-state index contributed by atoms with van der Waals surface area (Å²) in [5, 5.41) is 4.82. The van der Waals surface area contributed by atoms with Gasteiger partial charge in [-0.2, -0.15) is 0 Å². The Balaban J connectivity index is 1.60. The number of esters is 1. The number of carbonyl (C=O) groups is 2. The number of methoxy groups -OCH3 is 1. The molecule has 0 aliphatic rings. The zero-order valence-corrected chi connectivity index (χ0v) is 15.1. The van der Waals surface area contributed by atoms with E-state index in [1.165, 1.54) is 7.11 Å². The van der Waals surface area contributed by atoms with E-state index in [1.54, 1.807) is 0 Å². The lowest BCUT2D eigenvalue weighted by Gasteiger charge is -2.17. The Morgan fingerprint density at radius 3 is 2.37 bits per heavy atom. The molecular weight excluding hydrogens is 342 g/mol. The Kier molecular flexibility index (Phi) is 6.05. The van der Waals surface area contributed by atoms with E-state index in [0.29, 0.717) is 12.2 Å². The van der Waals surface area contributed by atoms with Crippen molar-refractivity contribution in [2.75, 3.05) is 13.7 Å². The smallest absolute Gasteiger partial charge is 0.328 e. The fraction of sp³-hybridized carbons (Fsp3) is 0.182. The van der Waals surface area contributed by atoms with Crippen LogP contribution in [0.5, 0.6) is 5.75 Å². The average molecular weight is 363 g/mol. The normalized spacial score (nSPS) is 11.6. The lowest BCUT2D eigenvalue weighted by atomic mass is 10.1. The van der Waals surface area contributed by atoms with Crippen molar-refractivity contribution in [3.05, 3.63) is 78.4 Å². The number of benzene rings is 3. The maximum Gasteiger partial charge on any atom is 0.328 e. The van der Waals surface area contributed by atoms with E-state index in [1.807, 2.05) is 72.8 Å². The molecule has 3 aromatic carbocycles. The van der Waals surface area contributed by atoms with Crippen LogP contribution < -0.4 is 10.1 Å². The first-order valence-corrected chi connectivity index (χ1v) is 8.68. The Labute approximate surface area is 157 Å². The van der Waals surface area contributed by atoms with Crippen molar-refractivity contribution in [2.45, 2.75) is 12.5 Å². The second-order valence-corrected chi connectivity index (χ2v) is 6.13. The van der Waals surface area contributed by atoms with Gasteiger partial charge in [0.25, 0.3) is 5.91 Å². The SMILES string of the molecule is COC(=O)[C@H](Cc1ccccc1)NC(=O)COc1ccc2ccccc2c1. The van der Waals surface area contributed by atoms with Crippen LogP contribution in [0.15, 0.2) is 72.8 Å². The van der Waals surface area contributed by atoms with E-state index in [0.717, 1.165) is 16.3 Å². The highest BCUT2D eigenvalue weighted by Gasteiger charge is 2.22. The van der Waals surface area contributed by atoms with Gasteiger partial charge in [0, 0.05) is 6.42 Å². The zero-order chi connectivity index (χ0) is 19.1. The number of fused-ring (bicyclic) bond motifs is 1. The molecule has 0 radical (unpaired) electrons. The Hall–Kier alpha value is -3.34. The van der Waals surface area contributed by atoms with Crippen LogP contribution in [0.3, 0.4) is 0 Å². The van der Waals surface area contributed by atoms with Gasteiger partial charge in [-0.1, -0.05) is 60.7 Å². The Morgan fingerprint density at radius 1 is 0.926 bits per heavy atom. The molecule has 0 unspecified atom stereocenters. The van der Waals surface area contributed by atoms with E-state index in [9.17, 15) is 9.59 Å². The van der Waals surface area contributed by atoms with E-state index in [4.69, 9.17) is 9.47 Å².